The van der Waals surface area contributed by atoms with Crippen molar-refractivity contribution in [3.05, 3.63) is 23.4 Å². The van der Waals surface area contributed by atoms with Crippen molar-refractivity contribution in [1.82, 2.24) is 4.90 Å². The molecule has 0 N–H and O–H groups in total. The number of ether oxygens (including phenoxy) is 1. The van der Waals surface area contributed by atoms with Crippen molar-refractivity contribution in [2.24, 2.45) is 22.7 Å². The highest BCUT2D eigenvalue weighted by atomic mass is 28.3. The molecule has 0 radical (unpaired) electrons. The van der Waals surface area contributed by atoms with Crippen molar-refractivity contribution in [3.63, 3.8) is 0 Å². The van der Waals surface area contributed by atoms with Gasteiger partial charge in [0.15, 0.2) is 0 Å². The van der Waals surface area contributed by atoms with Gasteiger partial charge in [0.1, 0.15) is 0 Å². The highest BCUT2D eigenvalue weighted by Crippen LogP contribution is 2.67. The smallest absolute Gasteiger partial charge is 0.233 e. The maximum Gasteiger partial charge on any atom is 0.233 e. The Morgan fingerprint density at radius 3 is 2.48 bits per heavy atom. The molecule has 1 unspecified atom stereocenters. The Bertz CT molecular complexity index is 660. The van der Waals surface area contributed by atoms with E-state index < -0.39 is 8.07 Å². The van der Waals surface area contributed by atoms with Crippen LogP contribution in [0.2, 0.25) is 19.6 Å². The summed E-state index contributed by atoms with van der Waals surface area (Å²) in [5.41, 5.74) is 0.350. The van der Waals surface area contributed by atoms with Gasteiger partial charge in [-0.15, -0.1) is 0 Å². The number of hydrogen-bond donors (Lipinski definition) is 0. The fourth-order valence-electron chi connectivity index (χ4n) is 6.20. The van der Waals surface area contributed by atoms with Crippen LogP contribution < -0.4 is 0 Å². The molecule has 2 bridgehead atoms. The molecule has 0 heterocycles. The van der Waals surface area contributed by atoms with E-state index >= 15 is 0 Å². The predicted octanol–water partition coefficient (Wildman–Crippen LogP) is 5.05. The molecule has 152 valence electrons. The lowest BCUT2D eigenvalue weighted by Crippen LogP contribution is -2.54. The molecule has 5 atom stereocenters. The maximum atomic E-state index is 13.8. The molecule has 0 aromatic rings. The minimum absolute atomic E-state index is 0.0612. The molecule has 3 rings (SSSR count). The van der Waals surface area contributed by atoms with Crippen LogP contribution in [0.3, 0.4) is 0 Å². The average Bonchev–Trinajstić information content (AvgIpc) is 3.19. The Balaban J connectivity index is 1.94. The molecule has 0 aromatic heterocycles. The number of allylic oxidation sites excluding steroid dienone is 2. The lowest BCUT2D eigenvalue weighted by molar-refractivity contribution is -0.143. The lowest BCUT2D eigenvalue weighted by Gasteiger charge is -2.43. The zero-order valence-corrected chi connectivity index (χ0v) is 19.6. The van der Waals surface area contributed by atoms with Crippen LogP contribution in [0.4, 0.5) is 0 Å². The molecule has 3 aliphatic carbocycles. The summed E-state index contributed by atoms with van der Waals surface area (Å²) in [5, 5.41) is 1.37. The first-order chi connectivity index (χ1) is 12.5. The summed E-state index contributed by atoms with van der Waals surface area (Å²) in [5.74, 6) is 0.753. The third kappa shape index (κ3) is 2.98. The highest BCUT2D eigenvalue weighted by Gasteiger charge is 2.68. The number of carbonyl (C=O) groups excluding carboxylic acids is 1. The third-order valence-corrected chi connectivity index (χ3v) is 10.3. The summed E-state index contributed by atoms with van der Waals surface area (Å²) in [4.78, 5) is 15.9. The summed E-state index contributed by atoms with van der Waals surface area (Å²) >= 11 is 0. The second-order valence-corrected chi connectivity index (χ2v) is 15.6. The fraction of sp³-hybridized carbons (Fsp3) is 0.783. The van der Waals surface area contributed by atoms with Gasteiger partial charge < -0.3 is 9.64 Å². The van der Waals surface area contributed by atoms with Gasteiger partial charge in [-0.2, -0.15) is 0 Å². The Morgan fingerprint density at radius 2 is 1.93 bits per heavy atom. The van der Waals surface area contributed by atoms with Crippen LogP contribution in [0.1, 0.15) is 47.5 Å². The Hall–Kier alpha value is -0.873. The number of hydrogen-bond acceptors (Lipinski definition) is 2. The van der Waals surface area contributed by atoms with Crippen molar-refractivity contribution in [2.45, 2.75) is 79.2 Å². The number of nitrogens with zero attached hydrogens (tertiary/aromatic N) is 1. The lowest BCUT2D eigenvalue weighted by atomic mass is 9.70. The molecule has 3 nitrogen and oxygen atoms in total. The number of amides is 1. The minimum atomic E-state index is -1.52. The van der Waals surface area contributed by atoms with Crippen LogP contribution in [-0.2, 0) is 9.53 Å². The van der Waals surface area contributed by atoms with Crippen molar-refractivity contribution < 1.29 is 9.53 Å². The topological polar surface area (TPSA) is 29.5 Å². The fourth-order valence-corrected chi connectivity index (χ4v) is 7.95. The van der Waals surface area contributed by atoms with E-state index in [4.69, 9.17) is 4.74 Å². The first-order valence-corrected chi connectivity index (χ1v) is 14.3. The van der Waals surface area contributed by atoms with Gasteiger partial charge in [-0.3, -0.25) is 4.79 Å². The second kappa shape index (κ2) is 6.87. The van der Waals surface area contributed by atoms with Gasteiger partial charge in [-0.1, -0.05) is 63.8 Å². The molecule has 4 heteroatoms. The number of fused-ring (bicyclic) bond motifs is 2. The zero-order chi connectivity index (χ0) is 20.2. The first kappa shape index (κ1) is 20.9. The van der Waals surface area contributed by atoms with Crippen molar-refractivity contribution in [3.8, 4) is 0 Å². The molecule has 3 aliphatic rings. The van der Waals surface area contributed by atoms with Gasteiger partial charge in [-0.05, 0) is 38.0 Å². The molecule has 1 amide bonds. The quantitative estimate of drug-likeness (QED) is 0.595. The van der Waals surface area contributed by atoms with Crippen LogP contribution in [0, 0.1) is 22.7 Å². The number of rotatable bonds is 6. The molecule has 0 aliphatic heterocycles. The summed E-state index contributed by atoms with van der Waals surface area (Å²) < 4.78 is 6.36. The van der Waals surface area contributed by atoms with Crippen LogP contribution in [-0.4, -0.2) is 44.2 Å². The van der Waals surface area contributed by atoms with E-state index in [2.05, 4.69) is 77.4 Å². The van der Waals surface area contributed by atoms with Crippen LogP contribution in [0.5, 0.6) is 0 Å². The summed E-state index contributed by atoms with van der Waals surface area (Å²) in [7, 11) is -1.52. The molecule has 0 aromatic carbocycles. The SMILES string of the molecule is CCO[C@@H]1[C@H](N(CC)C(=O)C2C=CC=C2[Si](C)(C)C)[C@H]2CC[C@]1(C)C2(C)C. The average molecular weight is 390 g/mol. The van der Waals surface area contributed by atoms with E-state index in [9.17, 15) is 4.79 Å². The van der Waals surface area contributed by atoms with E-state index in [1.807, 2.05) is 0 Å². The second-order valence-electron chi connectivity index (χ2n) is 10.5. The van der Waals surface area contributed by atoms with Gasteiger partial charge in [0, 0.05) is 18.6 Å². The summed E-state index contributed by atoms with van der Waals surface area (Å²) in [6, 6.07) is 0.202. The van der Waals surface area contributed by atoms with E-state index in [-0.39, 0.29) is 28.9 Å². The van der Waals surface area contributed by atoms with Gasteiger partial charge in [0.25, 0.3) is 0 Å². The normalized spacial score (nSPS) is 37.0. The highest BCUT2D eigenvalue weighted by molar-refractivity contribution is 6.83. The molecule has 2 saturated carbocycles. The van der Waals surface area contributed by atoms with Crippen molar-refractivity contribution >= 4 is 14.0 Å². The summed E-state index contributed by atoms with van der Waals surface area (Å²) in [6.45, 7) is 19.9. The Morgan fingerprint density at radius 1 is 1.26 bits per heavy atom. The van der Waals surface area contributed by atoms with Crippen molar-refractivity contribution in [2.75, 3.05) is 13.2 Å². The predicted molar refractivity (Wildman–Crippen MR) is 115 cm³/mol. The van der Waals surface area contributed by atoms with E-state index in [0.29, 0.717) is 18.4 Å². The summed E-state index contributed by atoms with van der Waals surface area (Å²) in [6.07, 6.45) is 8.98. The van der Waals surface area contributed by atoms with Gasteiger partial charge in [-0.25, -0.2) is 0 Å². The van der Waals surface area contributed by atoms with E-state index in [1.165, 1.54) is 18.0 Å². The first-order valence-electron chi connectivity index (χ1n) is 10.8. The largest absolute Gasteiger partial charge is 0.376 e. The third-order valence-electron chi connectivity index (χ3n) is 8.10. The molecule has 0 saturated heterocycles. The Labute approximate surface area is 167 Å². The molecule has 0 spiro atoms. The zero-order valence-electron chi connectivity index (χ0n) is 18.6. The van der Waals surface area contributed by atoms with Gasteiger partial charge >= 0.3 is 0 Å². The molecule has 27 heavy (non-hydrogen) atoms. The van der Waals surface area contributed by atoms with E-state index in [1.54, 1.807) is 0 Å². The van der Waals surface area contributed by atoms with Crippen molar-refractivity contribution in [1.29, 1.82) is 0 Å². The van der Waals surface area contributed by atoms with Crippen LogP contribution in [0.25, 0.3) is 0 Å². The van der Waals surface area contributed by atoms with Gasteiger partial charge in [0.05, 0.1) is 26.1 Å². The molecular weight excluding hydrogens is 350 g/mol. The molecular formula is C23H39NO2Si. The monoisotopic (exact) mass is 389 g/mol. The Kier molecular flexibility index (Phi) is 5.31. The van der Waals surface area contributed by atoms with Crippen LogP contribution in [0.15, 0.2) is 23.4 Å². The number of likely N-dealkylation sites (N-methyl/N-ethyl adjacent to an activating group) is 1. The van der Waals surface area contributed by atoms with E-state index in [0.717, 1.165) is 6.54 Å². The standard InChI is InChI=1S/C23H39NO2Si/c1-9-24(21(25)16-12-11-13-18(16)27(6,7)8)19-17-14-15-23(5,22(17,3)4)20(19)26-10-2/h11-13,16-17,19-20H,9-10,14-15H2,1-8H3/t16?,17-,19-,20-,23+/m1/s1. The molecule has 2 fully saturated rings. The minimum Gasteiger partial charge on any atom is -0.376 e. The van der Waals surface area contributed by atoms with Gasteiger partial charge in [0.2, 0.25) is 5.91 Å². The number of carbonyl (C=O) groups is 1. The van der Waals surface area contributed by atoms with Crippen LogP contribution >= 0.6 is 0 Å². The maximum absolute atomic E-state index is 13.8.